The minimum Gasteiger partial charge on any atom is -0.494 e. The molecule has 0 unspecified atom stereocenters. The smallest absolute Gasteiger partial charge is 0.330 e. The number of benzene rings is 2. The van der Waals surface area contributed by atoms with Gasteiger partial charge in [0.15, 0.2) is 11.4 Å². The first-order valence-corrected chi connectivity index (χ1v) is 12.0. The molecule has 0 aliphatic heterocycles. The number of nitrogens with two attached hydrogens (primary N) is 1. The molecule has 4 rings (SSSR count). The number of ether oxygens (including phenoxy) is 1. The van der Waals surface area contributed by atoms with Gasteiger partial charge in [-0.15, -0.1) is 0 Å². The van der Waals surface area contributed by atoms with E-state index in [-0.39, 0.29) is 23.8 Å². The third kappa shape index (κ3) is 4.77. The van der Waals surface area contributed by atoms with E-state index in [9.17, 15) is 14.4 Å². The molecule has 4 aromatic rings. The molecule has 2 aromatic heterocycles. The Bertz CT molecular complexity index is 1500. The van der Waals surface area contributed by atoms with Crippen LogP contribution in [0.25, 0.3) is 11.0 Å². The van der Waals surface area contributed by atoms with Crippen molar-refractivity contribution in [1.29, 1.82) is 0 Å². The summed E-state index contributed by atoms with van der Waals surface area (Å²) in [5.41, 5.74) is 6.85. The van der Waals surface area contributed by atoms with Gasteiger partial charge in [0.05, 0.1) is 13.2 Å². The molecule has 0 saturated heterocycles. The molecular formula is C27H30N4O5. The van der Waals surface area contributed by atoms with Gasteiger partial charge in [0.2, 0.25) is 0 Å². The molecule has 2 aromatic carbocycles. The molecule has 1 amide bonds. The third-order valence-corrected chi connectivity index (χ3v) is 6.06. The van der Waals surface area contributed by atoms with Crippen LogP contribution in [0.15, 0.2) is 62.5 Å². The number of carbonyl (C=O) groups excluding carboxylic acids is 1. The lowest BCUT2D eigenvalue weighted by Crippen LogP contribution is -2.41. The van der Waals surface area contributed by atoms with Crippen molar-refractivity contribution < 1.29 is 13.9 Å². The summed E-state index contributed by atoms with van der Waals surface area (Å²) in [4.78, 5) is 43.1. The first-order chi connectivity index (χ1) is 17.3. The van der Waals surface area contributed by atoms with Crippen LogP contribution in [0.2, 0.25) is 0 Å². The highest BCUT2D eigenvalue weighted by Gasteiger charge is 2.29. The van der Waals surface area contributed by atoms with Crippen LogP contribution in [0.3, 0.4) is 0 Å². The topological polar surface area (TPSA) is 124 Å². The Morgan fingerprint density at radius 3 is 2.58 bits per heavy atom. The monoisotopic (exact) mass is 490 g/mol. The number of hydrogen-bond acceptors (Lipinski definition) is 6. The number of nitrogen functional groups attached to an aromatic ring is 1. The Morgan fingerprint density at radius 2 is 1.89 bits per heavy atom. The van der Waals surface area contributed by atoms with Crippen LogP contribution in [0.4, 0.5) is 11.5 Å². The molecule has 188 valence electrons. The average molecular weight is 491 g/mol. The first kappa shape index (κ1) is 24.8. The molecule has 0 aliphatic carbocycles. The lowest BCUT2D eigenvalue weighted by atomic mass is 10.1. The van der Waals surface area contributed by atoms with Crippen molar-refractivity contribution in [2.45, 2.75) is 46.7 Å². The van der Waals surface area contributed by atoms with E-state index in [0.717, 1.165) is 17.4 Å². The fourth-order valence-electron chi connectivity index (χ4n) is 4.18. The van der Waals surface area contributed by atoms with Crippen molar-refractivity contribution in [2.75, 3.05) is 17.2 Å². The molecule has 0 radical (unpaired) electrons. The van der Waals surface area contributed by atoms with E-state index < -0.39 is 17.2 Å². The summed E-state index contributed by atoms with van der Waals surface area (Å²) in [6.07, 6.45) is 1.52. The number of nitrogens with zero attached hydrogens (tertiary/aromatic N) is 2. The van der Waals surface area contributed by atoms with E-state index in [4.69, 9.17) is 14.9 Å². The van der Waals surface area contributed by atoms with Crippen molar-refractivity contribution in [1.82, 2.24) is 9.55 Å². The number of aryl methyl sites for hydroxylation is 1. The van der Waals surface area contributed by atoms with Crippen LogP contribution < -0.4 is 26.6 Å². The Balaban J connectivity index is 1.87. The summed E-state index contributed by atoms with van der Waals surface area (Å²) in [6.45, 7) is 6.55. The van der Waals surface area contributed by atoms with Gasteiger partial charge >= 0.3 is 5.69 Å². The van der Waals surface area contributed by atoms with Crippen molar-refractivity contribution in [3.05, 3.63) is 86.3 Å². The summed E-state index contributed by atoms with van der Waals surface area (Å²) < 4.78 is 12.9. The zero-order chi connectivity index (χ0) is 25.8. The molecule has 0 spiro atoms. The largest absolute Gasteiger partial charge is 0.494 e. The van der Waals surface area contributed by atoms with E-state index in [1.807, 2.05) is 50.2 Å². The van der Waals surface area contributed by atoms with E-state index in [1.54, 1.807) is 19.1 Å². The van der Waals surface area contributed by atoms with Crippen LogP contribution in [-0.2, 0) is 13.1 Å². The molecule has 2 heterocycles. The van der Waals surface area contributed by atoms with Crippen LogP contribution in [0.1, 0.15) is 48.4 Å². The number of H-pyrrole nitrogens is 1. The summed E-state index contributed by atoms with van der Waals surface area (Å²) in [6, 6.07) is 14.6. The molecule has 0 bridgehead atoms. The zero-order valence-electron chi connectivity index (χ0n) is 20.7. The normalized spacial score (nSPS) is 11.1. The molecule has 3 N–H and O–H groups in total. The number of carbonyl (C=O) groups is 1. The SMILES string of the molecule is CCCCn1c(N)c(N(Cc2ccccc2)C(=O)c2oc3ccc(OCC)cc3c2C)c(=O)[nH]c1=O. The molecule has 0 fully saturated rings. The second-order valence-electron chi connectivity index (χ2n) is 8.52. The van der Waals surface area contributed by atoms with Crippen molar-refractivity contribution in [3.8, 4) is 5.75 Å². The number of aromatic nitrogens is 2. The van der Waals surface area contributed by atoms with Gasteiger partial charge in [-0.25, -0.2) is 4.79 Å². The molecule has 9 heteroatoms. The van der Waals surface area contributed by atoms with Crippen molar-refractivity contribution in [3.63, 3.8) is 0 Å². The summed E-state index contributed by atoms with van der Waals surface area (Å²) in [5.74, 6) is 0.148. The molecule has 36 heavy (non-hydrogen) atoms. The van der Waals surface area contributed by atoms with Gasteiger partial charge in [-0.3, -0.25) is 24.0 Å². The number of nitrogens with one attached hydrogen (secondary N) is 1. The lowest BCUT2D eigenvalue weighted by Gasteiger charge is -2.24. The first-order valence-electron chi connectivity index (χ1n) is 12.0. The van der Waals surface area contributed by atoms with Crippen LogP contribution in [0.5, 0.6) is 5.75 Å². The Hall–Kier alpha value is -4.27. The number of hydrogen-bond donors (Lipinski definition) is 2. The molecular weight excluding hydrogens is 460 g/mol. The quantitative estimate of drug-likeness (QED) is 0.362. The summed E-state index contributed by atoms with van der Waals surface area (Å²) in [7, 11) is 0. The van der Waals surface area contributed by atoms with Crippen molar-refractivity contribution in [2.24, 2.45) is 0 Å². The Labute approximate surface area is 208 Å². The minimum atomic E-state index is -0.734. The van der Waals surface area contributed by atoms with Gasteiger partial charge in [0.1, 0.15) is 17.2 Å². The van der Waals surface area contributed by atoms with Gasteiger partial charge in [-0.1, -0.05) is 43.7 Å². The van der Waals surface area contributed by atoms with Gasteiger partial charge in [-0.2, -0.15) is 0 Å². The highest BCUT2D eigenvalue weighted by atomic mass is 16.5. The summed E-state index contributed by atoms with van der Waals surface area (Å²) in [5, 5.41) is 0.735. The van der Waals surface area contributed by atoms with Gasteiger partial charge in [0.25, 0.3) is 11.5 Å². The lowest BCUT2D eigenvalue weighted by molar-refractivity contribution is 0.0959. The fraction of sp³-hybridized carbons (Fsp3) is 0.296. The average Bonchev–Trinajstić information content (AvgIpc) is 3.19. The number of furan rings is 1. The minimum absolute atomic E-state index is 0.0552. The Kier molecular flexibility index (Phi) is 7.28. The number of unbranched alkanes of at least 4 members (excludes halogenated alkanes) is 1. The third-order valence-electron chi connectivity index (χ3n) is 6.06. The van der Waals surface area contributed by atoms with E-state index in [1.165, 1.54) is 9.47 Å². The Morgan fingerprint density at radius 1 is 1.14 bits per heavy atom. The van der Waals surface area contributed by atoms with Gasteiger partial charge in [-0.05, 0) is 44.0 Å². The predicted octanol–water partition coefficient (Wildman–Crippen LogP) is 4.22. The maximum Gasteiger partial charge on any atom is 0.330 e. The highest BCUT2D eigenvalue weighted by Crippen LogP contribution is 2.31. The van der Waals surface area contributed by atoms with Crippen LogP contribution in [0, 0.1) is 6.92 Å². The second kappa shape index (κ2) is 10.6. The number of fused-ring (bicyclic) bond motifs is 1. The van der Waals surface area contributed by atoms with Crippen LogP contribution >= 0.6 is 0 Å². The number of amides is 1. The van der Waals surface area contributed by atoms with E-state index >= 15 is 0 Å². The molecule has 9 nitrogen and oxygen atoms in total. The van der Waals surface area contributed by atoms with Gasteiger partial charge in [0, 0.05) is 17.5 Å². The number of aromatic amines is 1. The maximum absolute atomic E-state index is 14.0. The maximum atomic E-state index is 14.0. The highest BCUT2D eigenvalue weighted by molar-refractivity contribution is 6.09. The van der Waals surface area contributed by atoms with Gasteiger partial charge < -0.3 is 14.9 Å². The van der Waals surface area contributed by atoms with Crippen LogP contribution in [-0.4, -0.2) is 22.1 Å². The predicted molar refractivity (Wildman–Crippen MR) is 140 cm³/mol. The standard InChI is InChI=1S/C27H30N4O5/c1-4-6-14-30-24(28)22(25(32)29-27(30)34)31(16-18-10-8-7-9-11-18)26(33)23-17(3)20-15-19(35-5-2)12-13-21(20)36-23/h7-13,15H,4-6,14,16,28H2,1-3H3,(H,29,32,34). The fourth-order valence-corrected chi connectivity index (χ4v) is 4.18. The zero-order valence-corrected chi connectivity index (χ0v) is 20.7. The molecule has 0 saturated carbocycles. The van der Waals surface area contributed by atoms with E-state index in [2.05, 4.69) is 4.98 Å². The summed E-state index contributed by atoms with van der Waals surface area (Å²) >= 11 is 0. The molecule has 0 aliphatic rings. The van der Waals surface area contributed by atoms with E-state index in [0.29, 0.717) is 36.5 Å². The van der Waals surface area contributed by atoms with Crippen molar-refractivity contribution >= 4 is 28.4 Å². The number of anilines is 2. The number of rotatable bonds is 9. The second-order valence-corrected chi connectivity index (χ2v) is 8.52. The molecule has 0 atom stereocenters.